The molecule has 1 amide bonds. The molecule has 0 bridgehead atoms. The maximum atomic E-state index is 12.2. The van der Waals surface area contributed by atoms with Crippen molar-refractivity contribution in [2.24, 2.45) is 0 Å². The average molecular weight is 341 g/mol. The second-order valence-corrected chi connectivity index (χ2v) is 6.07. The number of benzene rings is 2. The highest BCUT2D eigenvalue weighted by molar-refractivity contribution is 5.95. The monoisotopic (exact) mass is 341 g/mol. The summed E-state index contributed by atoms with van der Waals surface area (Å²) >= 11 is 0. The Bertz CT molecular complexity index is 711. The molecular formula is C20H23NO4. The number of carbonyl (C=O) groups excluding carboxylic acids is 1. The van der Waals surface area contributed by atoms with E-state index in [1.807, 2.05) is 62.4 Å². The van der Waals surface area contributed by atoms with Crippen molar-refractivity contribution in [1.82, 2.24) is 0 Å². The van der Waals surface area contributed by atoms with Gasteiger partial charge in [0, 0.05) is 5.69 Å². The average Bonchev–Trinajstić information content (AvgIpc) is 2.65. The van der Waals surface area contributed by atoms with Crippen LogP contribution in [0.4, 0.5) is 5.69 Å². The van der Waals surface area contributed by atoms with Gasteiger partial charge in [-0.1, -0.05) is 30.3 Å². The van der Waals surface area contributed by atoms with Crippen LogP contribution < -0.4 is 10.1 Å². The molecule has 1 saturated heterocycles. The molecule has 2 aromatic rings. The molecule has 3 rings (SSSR count). The third kappa shape index (κ3) is 4.59. The largest absolute Gasteiger partial charge is 0.486 e. The molecule has 1 N–H and O–H groups in total. The van der Waals surface area contributed by atoms with E-state index in [1.165, 1.54) is 0 Å². The van der Waals surface area contributed by atoms with Gasteiger partial charge in [0.2, 0.25) is 0 Å². The predicted octanol–water partition coefficient (Wildman–Crippen LogP) is 3.49. The highest BCUT2D eigenvalue weighted by Gasteiger charge is 2.23. The van der Waals surface area contributed by atoms with Crippen LogP contribution in [0.5, 0.6) is 5.75 Å². The van der Waals surface area contributed by atoms with Gasteiger partial charge >= 0.3 is 0 Å². The Balaban J connectivity index is 1.63. The highest BCUT2D eigenvalue weighted by atomic mass is 16.6. The van der Waals surface area contributed by atoms with Crippen LogP contribution in [0.1, 0.15) is 24.2 Å². The molecule has 0 spiro atoms. The summed E-state index contributed by atoms with van der Waals surface area (Å²) in [4.78, 5) is 12.2. The minimum atomic E-state index is -0.554. The summed E-state index contributed by atoms with van der Waals surface area (Å²) in [6.07, 6.45) is -0.601. The molecule has 25 heavy (non-hydrogen) atoms. The van der Waals surface area contributed by atoms with Crippen molar-refractivity contribution in [1.29, 1.82) is 0 Å². The molecule has 2 atom stereocenters. The van der Waals surface area contributed by atoms with Gasteiger partial charge in [-0.15, -0.1) is 0 Å². The lowest BCUT2D eigenvalue weighted by Crippen LogP contribution is -2.39. The molecule has 2 aromatic carbocycles. The summed E-state index contributed by atoms with van der Waals surface area (Å²) in [6.45, 7) is 5.23. The molecule has 1 fully saturated rings. The van der Waals surface area contributed by atoms with Gasteiger partial charge in [0.15, 0.2) is 6.10 Å². The molecule has 0 aliphatic carbocycles. The zero-order chi connectivity index (χ0) is 17.6. The van der Waals surface area contributed by atoms with Gasteiger partial charge in [0.25, 0.3) is 5.91 Å². The van der Waals surface area contributed by atoms with E-state index >= 15 is 0 Å². The van der Waals surface area contributed by atoms with Crippen LogP contribution in [0.3, 0.4) is 0 Å². The Hall–Kier alpha value is -2.37. The van der Waals surface area contributed by atoms with Crippen molar-refractivity contribution in [2.45, 2.75) is 26.1 Å². The molecule has 132 valence electrons. The van der Waals surface area contributed by atoms with E-state index in [4.69, 9.17) is 14.2 Å². The number of aryl methyl sites for hydroxylation is 1. The lowest BCUT2D eigenvalue weighted by Gasteiger charge is -2.22. The topological polar surface area (TPSA) is 56.8 Å². The first kappa shape index (κ1) is 17.5. The van der Waals surface area contributed by atoms with Crippen molar-refractivity contribution in [2.75, 3.05) is 25.1 Å². The van der Waals surface area contributed by atoms with Crippen LogP contribution in [0.2, 0.25) is 0 Å². The van der Waals surface area contributed by atoms with Gasteiger partial charge in [-0.2, -0.15) is 0 Å². The normalized spacial score (nSPS) is 18.4. The summed E-state index contributed by atoms with van der Waals surface area (Å²) in [5.41, 5.74) is 2.80. The molecule has 1 aliphatic rings. The fourth-order valence-electron chi connectivity index (χ4n) is 2.70. The van der Waals surface area contributed by atoms with Crippen LogP contribution >= 0.6 is 0 Å². The van der Waals surface area contributed by atoms with Crippen molar-refractivity contribution in [3.8, 4) is 5.75 Å². The number of ether oxygens (including phenoxy) is 3. The van der Waals surface area contributed by atoms with Crippen LogP contribution in [0.25, 0.3) is 0 Å². The Morgan fingerprint density at radius 1 is 1.20 bits per heavy atom. The highest BCUT2D eigenvalue weighted by Crippen LogP contribution is 2.26. The number of nitrogens with one attached hydrogen (secondary N) is 1. The van der Waals surface area contributed by atoms with Gasteiger partial charge in [-0.25, -0.2) is 0 Å². The molecule has 0 unspecified atom stereocenters. The third-order valence-corrected chi connectivity index (χ3v) is 4.15. The summed E-state index contributed by atoms with van der Waals surface area (Å²) in [6, 6.07) is 15.7. The predicted molar refractivity (Wildman–Crippen MR) is 95.9 cm³/mol. The SMILES string of the molecule is Cc1cc(O[C@@H](C)c2ccccc2)ccc1NC(=O)[C@H]1COCCO1. The second-order valence-electron chi connectivity index (χ2n) is 6.07. The van der Waals surface area contributed by atoms with Crippen LogP contribution in [-0.4, -0.2) is 31.8 Å². The fourth-order valence-corrected chi connectivity index (χ4v) is 2.70. The van der Waals surface area contributed by atoms with E-state index in [0.29, 0.717) is 19.8 Å². The molecule has 0 saturated carbocycles. The lowest BCUT2D eigenvalue weighted by molar-refractivity contribution is -0.142. The molecule has 5 nitrogen and oxygen atoms in total. The van der Waals surface area contributed by atoms with E-state index in [-0.39, 0.29) is 12.0 Å². The van der Waals surface area contributed by atoms with E-state index < -0.39 is 6.10 Å². The summed E-state index contributed by atoms with van der Waals surface area (Å²) in [7, 11) is 0. The quantitative estimate of drug-likeness (QED) is 0.904. The molecule has 5 heteroatoms. The van der Waals surface area contributed by atoms with E-state index in [9.17, 15) is 4.79 Å². The van der Waals surface area contributed by atoms with Crippen molar-refractivity contribution < 1.29 is 19.0 Å². The Morgan fingerprint density at radius 3 is 2.68 bits per heavy atom. The van der Waals surface area contributed by atoms with Gasteiger partial charge < -0.3 is 19.5 Å². The van der Waals surface area contributed by atoms with Crippen molar-refractivity contribution >= 4 is 11.6 Å². The first-order valence-corrected chi connectivity index (χ1v) is 8.46. The number of amides is 1. The van der Waals surface area contributed by atoms with Crippen molar-refractivity contribution in [3.63, 3.8) is 0 Å². The Morgan fingerprint density at radius 2 is 2.00 bits per heavy atom. The second kappa shape index (κ2) is 8.14. The number of anilines is 1. The third-order valence-electron chi connectivity index (χ3n) is 4.15. The maximum Gasteiger partial charge on any atom is 0.255 e. The number of hydrogen-bond donors (Lipinski definition) is 1. The fraction of sp³-hybridized carbons (Fsp3) is 0.350. The van der Waals surface area contributed by atoms with Crippen LogP contribution in [0.15, 0.2) is 48.5 Å². The zero-order valence-corrected chi connectivity index (χ0v) is 14.5. The summed E-state index contributed by atoms with van der Waals surface area (Å²) < 4.78 is 16.7. The van der Waals surface area contributed by atoms with Gasteiger partial charge in [0.1, 0.15) is 11.9 Å². The zero-order valence-electron chi connectivity index (χ0n) is 14.5. The summed E-state index contributed by atoms with van der Waals surface area (Å²) in [5, 5.41) is 2.89. The smallest absolute Gasteiger partial charge is 0.255 e. The maximum absolute atomic E-state index is 12.2. The lowest BCUT2D eigenvalue weighted by atomic mass is 10.1. The minimum Gasteiger partial charge on any atom is -0.486 e. The first-order chi connectivity index (χ1) is 12.1. The molecule has 1 heterocycles. The van der Waals surface area contributed by atoms with Gasteiger partial charge in [0.05, 0.1) is 19.8 Å². The molecule has 0 aromatic heterocycles. The summed E-state index contributed by atoms with van der Waals surface area (Å²) in [5.74, 6) is 0.582. The van der Waals surface area contributed by atoms with Crippen LogP contribution in [0, 0.1) is 6.92 Å². The van der Waals surface area contributed by atoms with Gasteiger partial charge in [-0.05, 0) is 43.2 Å². The molecule has 0 radical (unpaired) electrons. The number of carbonyl (C=O) groups is 1. The number of hydrogen-bond acceptors (Lipinski definition) is 4. The molecular weight excluding hydrogens is 318 g/mol. The standard InChI is InChI=1S/C20H23NO4/c1-14-12-17(25-15(2)16-6-4-3-5-7-16)8-9-18(14)21-20(22)19-13-23-10-11-24-19/h3-9,12,15,19H,10-11,13H2,1-2H3,(H,21,22)/t15-,19+/m0/s1. The van der Waals surface area contributed by atoms with Crippen molar-refractivity contribution in [3.05, 3.63) is 59.7 Å². The van der Waals surface area contributed by atoms with E-state index in [2.05, 4.69) is 5.32 Å². The first-order valence-electron chi connectivity index (χ1n) is 8.46. The number of rotatable bonds is 5. The van der Waals surface area contributed by atoms with Gasteiger partial charge in [-0.3, -0.25) is 4.79 Å². The van der Waals surface area contributed by atoms with E-state index in [1.54, 1.807) is 0 Å². The van der Waals surface area contributed by atoms with E-state index in [0.717, 1.165) is 22.6 Å². The molecule has 1 aliphatic heterocycles. The Labute approximate surface area is 147 Å². The van der Waals surface area contributed by atoms with Crippen LogP contribution in [-0.2, 0) is 14.3 Å². The Kier molecular flexibility index (Phi) is 5.68. The minimum absolute atomic E-state index is 0.0474.